The van der Waals surface area contributed by atoms with Crippen LogP contribution in [-0.2, 0) is 24.4 Å². The highest BCUT2D eigenvalue weighted by Crippen LogP contribution is 2.30. The summed E-state index contributed by atoms with van der Waals surface area (Å²) in [4.78, 5) is 40.8. The van der Waals surface area contributed by atoms with Crippen molar-refractivity contribution in [2.75, 3.05) is 32.0 Å². The lowest BCUT2D eigenvalue weighted by Gasteiger charge is -2.34. The van der Waals surface area contributed by atoms with Gasteiger partial charge in [0, 0.05) is 58.3 Å². The molecule has 12 nitrogen and oxygen atoms in total. The van der Waals surface area contributed by atoms with E-state index in [1.807, 2.05) is 18.0 Å². The molecule has 3 heterocycles. The number of aromatic nitrogens is 3. The van der Waals surface area contributed by atoms with Crippen LogP contribution < -0.4 is 15.4 Å². The Morgan fingerprint density at radius 2 is 2.05 bits per heavy atom. The zero-order chi connectivity index (χ0) is 30.3. The van der Waals surface area contributed by atoms with Gasteiger partial charge in [0.25, 0.3) is 5.91 Å². The maximum Gasteiger partial charge on any atom is 0.270 e. The Morgan fingerprint density at radius 1 is 1.23 bits per heavy atom. The molecule has 230 valence electrons. The van der Waals surface area contributed by atoms with Crippen LogP contribution in [0, 0.1) is 6.92 Å². The van der Waals surface area contributed by atoms with Gasteiger partial charge in [-0.15, -0.1) is 0 Å². The second kappa shape index (κ2) is 14.0. The van der Waals surface area contributed by atoms with Gasteiger partial charge in [-0.2, -0.15) is 0 Å². The highest BCUT2D eigenvalue weighted by Gasteiger charge is 2.26. The van der Waals surface area contributed by atoms with Crippen molar-refractivity contribution in [3.8, 4) is 5.75 Å². The van der Waals surface area contributed by atoms with E-state index in [0.717, 1.165) is 56.5 Å². The Labute approximate surface area is 251 Å². The molecule has 2 aromatic heterocycles. The number of nitrogens with zero attached hydrogens (tertiary/aromatic N) is 5. The minimum absolute atomic E-state index is 0.0879. The molecule has 5 rings (SSSR count). The van der Waals surface area contributed by atoms with E-state index in [-0.39, 0.29) is 36.1 Å². The van der Waals surface area contributed by atoms with Crippen molar-refractivity contribution < 1.29 is 23.8 Å². The van der Waals surface area contributed by atoms with E-state index in [2.05, 4.69) is 43.5 Å². The molecule has 0 saturated heterocycles. The second-order valence-electron chi connectivity index (χ2n) is 11.5. The Kier molecular flexibility index (Phi) is 9.88. The maximum atomic E-state index is 12.8. The molecule has 12 heteroatoms. The van der Waals surface area contributed by atoms with Crippen LogP contribution in [0.3, 0.4) is 0 Å². The van der Waals surface area contributed by atoms with Crippen molar-refractivity contribution >= 4 is 17.6 Å². The molecule has 1 fully saturated rings. The number of ether oxygens (including phenoxy) is 1. The Bertz CT molecular complexity index is 1390. The summed E-state index contributed by atoms with van der Waals surface area (Å²) in [5.41, 5.74) is 3.86. The van der Waals surface area contributed by atoms with E-state index in [1.165, 1.54) is 23.8 Å². The smallest absolute Gasteiger partial charge is 0.270 e. The summed E-state index contributed by atoms with van der Waals surface area (Å²) >= 11 is 0. The third-order valence-electron chi connectivity index (χ3n) is 8.53. The first kappa shape index (κ1) is 30.4. The predicted molar refractivity (Wildman–Crippen MR) is 159 cm³/mol. The van der Waals surface area contributed by atoms with Gasteiger partial charge in [-0.25, -0.2) is 15.0 Å². The van der Waals surface area contributed by atoms with Gasteiger partial charge in [-0.3, -0.25) is 14.5 Å². The van der Waals surface area contributed by atoms with Crippen molar-refractivity contribution in [1.29, 1.82) is 0 Å². The van der Waals surface area contributed by atoms with Crippen LogP contribution >= 0.6 is 0 Å². The number of hydrogen-bond donors (Lipinski definition) is 3. The number of rotatable bonds is 11. The van der Waals surface area contributed by atoms with Gasteiger partial charge in [0.15, 0.2) is 12.2 Å². The fourth-order valence-electron chi connectivity index (χ4n) is 5.95. The number of amides is 2. The number of aliphatic hydroxyl groups is 1. The number of carbonyl (C=O) groups excluding carboxylic acids is 2. The molecule has 1 aromatic carbocycles. The van der Waals surface area contributed by atoms with Crippen molar-refractivity contribution in [1.82, 2.24) is 30.1 Å². The van der Waals surface area contributed by atoms with Gasteiger partial charge in [0.1, 0.15) is 30.2 Å². The first-order valence-electron chi connectivity index (χ1n) is 14.9. The molecule has 1 saturated carbocycles. The van der Waals surface area contributed by atoms with E-state index < -0.39 is 6.10 Å². The summed E-state index contributed by atoms with van der Waals surface area (Å²) < 4.78 is 11.2. The molecule has 1 aliphatic heterocycles. The Balaban J connectivity index is 1.06. The van der Waals surface area contributed by atoms with Crippen molar-refractivity contribution in [2.24, 2.45) is 0 Å². The number of anilines is 1. The predicted octanol–water partition coefficient (Wildman–Crippen LogP) is 2.70. The lowest BCUT2D eigenvalue weighted by molar-refractivity contribution is -0.130. The monoisotopic (exact) mass is 591 g/mol. The van der Waals surface area contributed by atoms with Gasteiger partial charge in [-0.1, -0.05) is 6.07 Å². The second-order valence-corrected chi connectivity index (χ2v) is 11.5. The zero-order valence-electron chi connectivity index (χ0n) is 25.1. The van der Waals surface area contributed by atoms with E-state index in [4.69, 9.17) is 9.15 Å². The molecule has 0 radical (unpaired) electrons. The van der Waals surface area contributed by atoms with Crippen molar-refractivity contribution in [3.63, 3.8) is 0 Å². The maximum absolute atomic E-state index is 12.8. The van der Waals surface area contributed by atoms with Crippen molar-refractivity contribution in [3.05, 3.63) is 65.3 Å². The number of fused-ring (bicyclic) bond motifs is 1. The minimum atomic E-state index is -0.723. The summed E-state index contributed by atoms with van der Waals surface area (Å²) in [6, 6.07) is 6.19. The summed E-state index contributed by atoms with van der Waals surface area (Å²) in [5, 5.41) is 16.9. The number of oxazole rings is 1. The largest absolute Gasteiger partial charge is 0.485 e. The molecule has 43 heavy (non-hydrogen) atoms. The van der Waals surface area contributed by atoms with Crippen LogP contribution in [-0.4, -0.2) is 86.5 Å². The highest BCUT2D eigenvalue weighted by atomic mass is 16.5. The molecule has 0 spiro atoms. The average Bonchev–Trinajstić information content (AvgIpc) is 3.53. The molecule has 1 aliphatic carbocycles. The fourth-order valence-corrected chi connectivity index (χ4v) is 5.95. The number of aliphatic hydroxyl groups excluding tert-OH is 1. The van der Waals surface area contributed by atoms with Gasteiger partial charge < -0.3 is 29.8 Å². The van der Waals surface area contributed by atoms with Gasteiger partial charge in [0.2, 0.25) is 5.91 Å². The van der Waals surface area contributed by atoms with Gasteiger partial charge in [0.05, 0.1) is 12.3 Å². The number of nitrogens with one attached hydrogen (secondary N) is 2. The third kappa shape index (κ3) is 7.88. The quantitative estimate of drug-likeness (QED) is 0.304. The fraction of sp³-hybridized carbons (Fsp3) is 0.516. The van der Waals surface area contributed by atoms with Crippen LogP contribution in [0.1, 0.15) is 65.5 Å². The number of β-amino-alcohol motifs (C(OH)–C–C–N with tert-alkyl or cyclic N) is 1. The van der Waals surface area contributed by atoms with E-state index in [0.29, 0.717) is 24.7 Å². The third-order valence-corrected chi connectivity index (χ3v) is 8.53. The molecule has 0 unspecified atom stereocenters. The molecule has 0 bridgehead atoms. The summed E-state index contributed by atoms with van der Waals surface area (Å²) in [6.07, 6.45) is 8.22. The first-order valence-corrected chi connectivity index (χ1v) is 14.9. The Morgan fingerprint density at radius 3 is 2.79 bits per heavy atom. The molecule has 2 amide bonds. The minimum Gasteiger partial charge on any atom is -0.485 e. The van der Waals surface area contributed by atoms with E-state index >= 15 is 0 Å². The lowest BCUT2D eigenvalue weighted by Crippen LogP contribution is -2.42. The SMILES string of the molecule is CC(=O)N(C)[C@H]1CC[C@@H](Nc2cc(C(=O)NC[C@H](O)CN3CCc4c(ccc(OCc5cnco5)c4C)C3)ncn2)CC1. The van der Waals surface area contributed by atoms with E-state index in [9.17, 15) is 14.7 Å². The molecule has 3 N–H and O–H groups in total. The molecule has 2 aliphatic rings. The van der Waals surface area contributed by atoms with Crippen LogP contribution in [0.5, 0.6) is 5.75 Å². The first-order chi connectivity index (χ1) is 20.8. The normalized spacial score (nSPS) is 19.3. The Hall–Kier alpha value is -4.03. The van der Waals surface area contributed by atoms with E-state index in [1.54, 1.807) is 19.2 Å². The number of benzene rings is 1. The topological polar surface area (TPSA) is 146 Å². The van der Waals surface area contributed by atoms with Crippen LogP contribution in [0.15, 0.2) is 41.5 Å². The standard InChI is InChI=1S/C31H41N7O5/c1-20-27-10-11-38(15-22(27)4-9-29(20)42-17-26-14-32-19-43-26)16-25(40)13-33-31(41)28-12-30(35-18-34-28)36-23-5-7-24(8-6-23)37(3)21(2)39/h4,9,12,14,18-19,23-25,40H,5-8,10-11,13,15-17H2,1-3H3,(H,33,41)(H,34,35,36)/t23-,24+,25-/m0/s1. The van der Waals surface area contributed by atoms with Crippen LogP contribution in [0.4, 0.5) is 5.82 Å². The summed E-state index contributed by atoms with van der Waals surface area (Å²) in [5.74, 6) is 1.84. The average molecular weight is 592 g/mol. The van der Waals surface area contributed by atoms with Crippen LogP contribution in [0.2, 0.25) is 0 Å². The molecule has 1 atom stereocenters. The zero-order valence-corrected chi connectivity index (χ0v) is 25.1. The van der Waals surface area contributed by atoms with Crippen molar-refractivity contribution in [2.45, 2.75) is 77.3 Å². The lowest BCUT2D eigenvalue weighted by atomic mass is 9.90. The molecular formula is C31H41N7O5. The summed E-state index contributed by atoms with van der Waals surface area (Å²) in [7, 11) is 1.86. The number of hydrogen-bond acceptors (Lipinski definition) is 10. The highest BCUT2D eigenvalue weighted by molar-refractivity contribution is 5.92. The molecule has 3 aromatic rings. The summed E-state index contributed by atoms with van der Waals surface area (Å²) in [6.45, 7) is 6.09. The number of carbonyl (C=O) groups is 2. The van der Waals surface area contributed by atoms with Gasteiger partial charge >= 0.3 is 0 Å². The van der Waals surface area contributed by atoms with Gasteiger partial charge in [-0.05, 0) is 61.8 Å². The molecular weight excluding hydrogens is 550 g/mol. The van der Waals surface area contributed by atoms with Crippen LogP contribution in [0.25, 0.3) is 0 Å².